The molecule has 0 aliphatic heterocycles. The van der Waals surface area contributed by atoms with Crippen molar-refractivity contribution >= 4 is 53.0 Å². The summed E-state index contributed by atoms with van der Waals surface area (Å²) in [5, 5.41) is 12.9. The van der Waals surface area contributed by atoms with Gasteiger partial charge in [0.2, 0.25) is 0 Å². The molecule has 3 nitrogen and oxygen atoms in total. The fraction of sp³-hybridized carbons (Fsp3) is 0.0714. The maximum absolute atomic E-state index is 10.8. The van der Waals surface area contributed by atoms with Crippen molar-refractivity contribution in [1.29, 1.82) is 0 Å². The van der Waals surface area contributed by atoms with Crippen LogP contribution in [0.1, 0.15) is 5.56 Å². The molecule has 0 saturated heterocycles. The van der Waals surface area contributed by atoms with Crippen LogP contribution >= 0.6 is 35.6 Å². The topological polar surface area (TPSA) is 49.3 Å². The van der Waals surface area contributed by atoms with Crippen LogP contribution < -0.4 is 5.32 Å². The van der Waals surface area contributed by atoms with E-state index in [2.05, 4.69) is 5.32 Å². The van der Waals surface area contributed by atoms with Gasteiger partial charge in [0, 0.05) is 5.69 Å². The number of hydrogen-bond acceptors (Lipinski definition) is 2. The Morgan fingerprint density at radius 1 is 1.05 bits per heavy atom. The zero-order valence-corrected chi connectivity index (χ0v) is 12.6. The lowest BCUT2D eigenvalue weighted by atomic mass is 10.1. The van der Waals surface area contributed by atoms with Gasteiger partial charge in [-0.2, -0.15) is 0 Å². The van der Waals surface area contributed by atoms with Crippen LogP contribution in [0.5, 0.6) is 0 Å². The highest BCUT2D eigenvalue weighted by atomic mass is 35.5. The first kappa shape index (κ1) is 16.6. The second-order valence-corrected chi connectivity index (χ2v) is 4.76. The molecule has 0 fully saturated rings. The van der Waals surface area contributed by atoms with Crippen LogP contribution in [0, 0.1) is 0 Å². The molecule has 2 N–H and O–H groups in total. The van der Waals surface area contributed by atoms with Gasteiger partial charge in [-0.15, -0.1) is 12.4 Å². The number of carbonyl (C=O) groups is 1. The number of rotatable bonds is 4. The quantitative estimate of drug-likeness (QED) is 0.846. The summed E-state index contributed by atoms with van der Waals surface area (Å²) in [5.41, 5.74) is 1.93. The standard InChI is InChI=1S/C14H11Cl2NO2.ClH/c15-10-5-3-6-11(16)14(10)17-12-7-2-1-4-9(12)8-13(18)19;/h1-7,17H,8H2,(H,18,19);1H. The van der Waals surface area contributed by atoms with E-state index in [1.54, 1.807) is 36.4 Å². The maximum atomic E-state index is 10.8. The second-order valence-electron chi connectivity index (χ2n) is 3.95. The van der Waals surface area contributed by atoms with Gasteiger partial charge in [0.15, 0.2) is 0 Å². The normalized spacial score (nSPS) is 9.70. The summed E-state index contributed by atoms with van der Waals surface area (Å²) in [6.45, 7) is 0. The van der Waals surface area contributed by atoms with Crippen LogP contribution in [-0.2, 0) is 11.2 Å². The summed E-state index contributed by atoms with van der Waals surface area (Å²) in [4.78, 5) is 10.8. The zero-order valence-electron chi connectivity index (χ0n) is 10.3. The third-order valence-corrected chi connectivity index (χ3v) is 3.21. The molecule has 0 radical (unpaired) electrons. The van der Waals surface area contributed by atoms with Gasteiger partial charge in [-0.3, -0.25) is 4.79 Å². The van der Waals surface area contributed by atoms with E-state index in [0.29, 0.717) is 27.0 Å². The number of nitrogens with one attached hydrogen (secondary N) is 1. The van der Waals surface area contributed by atoms with Crippen LogP contribution in [0.3, 0.4) is 0 Å². The fourth-order valence-corrected chi connectivity index (χ4v) is 2.20. The molecule has 0 aliphatic carbocycles. The van der Waals surface area contributed by atoms with Crippen molar-refractivity contribution in [2.75, 3.05) is 5.32 Å². The lowest BCUT2D eigenvalue weighted by molar-refractivity contribution is -0.136. The van der Waals surface area contributed by atoms with Gasteiger partial charge in [-0.25, -0.2) is 0 Å². The minimum Gasteiger partial charge on any atom is -0.481 e. The number of halogens is 3. The molecule has 2 aromatic rings. The van der Waals surface area contributed by atoms with E-state index in [9.17, 15) is 4.79 Å². The Hall–Kier alpha value is -1.42. The number of hydrogen-bond donors (Lipinski definition) is 2. The van der Waals surface area contributed by atoms with E-state index >= 15 is 0 Å². The van der Waals surface area contributed by atoms with Gasteiger partial charge < -0.3 is 10.4 Å². The molecule has 106 valence electrons. The Bertz CT molecular complexity index is 597. The Morgan fingerprint density at radius 3 is 2.25 bits per heavy atom. The molecule has 2 rings (SSSR count). The van der Waals surface area contributed by atoms with E-state index < -0.39 is 5.97 Å². The molecular formula is C14H12Cl3NO2. The Morgan fingerprint density at radius 2 is 1.65 bits per heavy atom. The van der Waals surface area contributed by atoms with E-state index in [4.69, 9.17) is 28.3 Å². The summed E-state index contributed by atoms with van der Waals surface area (Å²) in [6.07, 6.45) is -0.0642. The lowest BCUT2D eigenvalue weighted by Gasteiger charge is -2.13. The SMILES string of the molecule is Cl.O=C(O)Cc1ccccc1Nc1c(Cl)cccc1Cl. The third kappa shape index (κ3) is 4.04. The van der Waals surface area contributed by atoms with Crippen molar-refractivity contribution in [3.05, 3.63) is 58.1 Å². The predicted octanol–water partition coefficient (Wildman–Crippen LogP) is 4.79. The average Bonchev–Trinajstić information content (AvgIpc) is 2.35. The number of anilines is 2. The summed E-state index contributed by atoms with van der Waals surface area (Å²) >= 11 is 12.1. The molecule has 0 amide bonds. The molecule has 0 atom stereocenters. The van der Waals surface area contributed by atoms with Gasteiger partial charge in [-0.1, -0.05) is 47.5 Å². The largest absolute Gasteiger partial charge is 0.481 e. The van der Waals surface area contributed by atoms with Crippen molar-refractivity contribution in [3.63, 3.8) is 0 Å². The fourth-order valence-electron chi connectivity index (χ4n) is 1.71. The first-order chi connectivity index (χ1) is 9.08. The highest BCUT2D eigenvalue weighted by molar-refractivity contribution is 6.39. The van der Waals surface area contributed by atoms with Gasteiger partial charge in [0.05, 0.1) is 22.2 Å². The highest BCUT2D eigenvalue weighted by Crippen LogP contribution is 2.33. The van der Waals surface area contributed by atoms with E-state index in [0.717, 1.165) is 0 Å². The third-order valence-electron chi connectivity index (χ3n) is 2.58. The van der Waals surface area contributed by atoms with Crippen molar-refractivity contribution in [3.8, 4) is 0 Å². The summed E-state index contributed by atoms with van der Waals surface area (Å²) in [7, 11) is 0. The number of carboxylic acid groups (broad SMARTS) is 1. The lowest BCUT2D eigenvalue weighted by Crippen LogP contribution is -2.04. The predicted molar refractivity (Wildman–Crippen MR) is 84.8 cm³/mol. The molecule has 0 spiro atoms. The number of benzene rings is 2. The first-order valence-electron chi connectivity index (χ1n) is 5.58. The first-order valence-corrected chi connectivity index (χ1v) is 6.34. The molecule has 20 heavy (non-hydrogen) atoms. The van der Waals surface area contributed by atoms with Gasteiger partial charge in [0.25, 0.3) is 0 Å². The Labute approximate surface area is 132 Å². The van der Waals surface area contributed by atoms with Crippen molar-refractivity contribution in [2.24, 2.45) is 0 Å². The second kappa shape index (κ2) is 7.39. The summed E-state index contributed by atoms with van der Waals surface area (Å²) in [6, 6.07) is 12.3. The van der Waals surface area contributed by atoms with Crippen LogP contribution in [0.2, 0.25) is 10.0 Å². The number of para-hydroxylation sites is 2. The Balaban J connectivity index is 0.00000200. The van der Waals surface area contributed by atoms with E-state index in [-0.39, 0.29) is 18.8 Å². The smallest absolute Gasteiger partial charge is 0.307 e. The number of carboxylic acids is 1. The molecule has 0 aromatic heterocycles. The van der Waals surface area contributed by atoms with Crippen molar-refractivity contribution < 1.29 is 9.90 Å². The van der Waals surface area contributed by atoms with Crippen LogP contribution in [0.25, 0.3) is 0 Å². The zero-order chi connectivity index (χ0) is 13.8. The molecule has 0 saturated carbocycles. The monoisotopic (exact) mass is 331 g/mol. The van der Waals surface area contributed by atoms with Crippen molar-refractivity contribution in [1.82, 2.24) is 0 Å². The van der Waals surface area contributed by atoms with E-state index in [1.807, 2.05) is 6.07 Å². The maximum Gasteiger partial charge on any atom is 0.307 e. The van der Waals surface area contributed by atoms with Gasteiger partial charge >= 0.3 is 5.97 Å². The highest BCUT2D eigenvalue weighted by Gasteiger charge is 2.10. The molecular weight excluding hydrogens is 321 g/mol. The van der Waals surface area contributed by atoms with Gasteiger partial charge in [-0.05, 0) is 23.8 Å². The molecule has 2 aromatic carbocycles. The molecule has 0 unspecified atom stereocenters. The minimum atomic E-state index is -0.889. The molecule has 0 bridgehead atoms. The summed E-state index contributed by atoms with van der Waals surface area (Å²) < 4.78 is 0. The van der Waals surface area contributed by atoms with Crippen LogP contribution in [0.4, 0.5) is 11.4 Å². The van der Waals surface area contributed by atoms with Crippen LogP contribution in [-0.4, -0.2) is 11.1 Å². The number of aliphatic carboxylic acids is 1. The minimum absolute atomic E-state index is 0. The van der Waals surface area contributed by atoms with Gasteiger partial charge in [0.1, 0.15) is 0 Å². The summed E-state index contributed by atoms with van der Waals surface area (Å²) in [5.74, 6) is -0.889. The average molecular weight is 333 g/mol. The molecule has 6 heteroatoms. The molecule has 0 heterocycles. The molecule has 0 aliphatic rings. The van der Waals surface area contributed by atoms with Crippen molar-refractivity contribution in [2.45, 2.75) is 6.42 Å². The van der Waals surface area contributed by atoms with Crippen LogP contribution in [0.15, 0.2) is 42.5 Å². The van der Waals surface area contributed by atoms with E-state index in [1.165, 1.54) is 0 Å². The Kier molecular flexibility index (Phi) is 6.14.